The monoisotopic (exact) mass is 261 g/mol. The molecule has 4 heteroatoms. The van der Waals surface area contributed by atoms with Crippen LogP contribution in [0.3, 0.4) is 0 Å². The zero-order chi connectivity index (χ0) is 13.8. The number of nitrogens with one attached hydrogen (secondary N) is 1. The summed E-state index contributed by atoms with van der Waals surface area (Å²) in [5.74, 6) is -0.521. The normalized spacial score (nSPS) is 12.2. The summed E-state index contributed by atoms with van der Waals surface area (Å²) in [6.07, 6.45) is 0. The van der Waals surface area contributed by atoms with Crippen LogP contribution >= 0.6 is 0 Å². The number of rotatable bonds is 4. The molecule has 0 heterocycles. The molecule has 0 saturated carbocycles. The molecule has 0 aliphatic rings. The Bertz CT molecular complexity index is 555. The highest BCUT2D eigenvalue weighted by Crippen LogP contribution is 2.24. The Balaban J connectivity index is 2.13. The highest BCUT2D eigenvalue weighted by molar-refractivity contribution is 5.47. The maximum Gasteiger partial charge on any atom is 0.132 e. The average molecular weight is 261 g/mol. The van der Waals surface area contributed by atoms with Crippen LogP contribution in [0.1, 0.15) is 24.1 Å². The van der Waals surface area contributed by atoms with Gasteiger partial charge in [0.2, 0.25) is 0 Å². The molecule has 3 nitrogen and oxygen atoms in total. The molecular weight excluding hydrogens is 245 g/mol. The predicted octanol–water partition coefficient (Wildman–Crippen LogP) is 3.20. The van der Waals surface area contributed by atoms with E-state index in [0.717, 1.165) is 17.3 Å². The first-order valence-electron chi connectivity index (χ1n) is 6.05. The van der Waals surface area contributed by atoms with Gasteiger partial charge in [-0.2, -0.15) is 0 Å². The lowest BCUT2D eigenvalue weighted by Crippen LogP contribution is -2.08. The number of hydrogen-bond donors (Lipinski definition) is 3. The number of benzene rings is 2. The Labute approximate surface area is 111 Å². The fraction of sp³-hybridized carbons (Fsp3) is 0.200. The van der Waals surface area contributed by atoms with Crippen LogP contribution in [0.4, 0.5) is 10.1 Å². The molecule has 100 valence electrons. The van der Waals surface area contributed by atoms with Gasteiger partial charge in [0.15, 0.2) is 0 Å². The number of aliphatic hydroxyl groups excluding tert-OH is 1. The third-order valence-electron chi connectivity index (χ3n) is 2.97. The molecule has 1 atom stereocenters. The van der Waals surface area contributed by atoms with Crippen molar-refractivity contribution in [3.63, 3.8) is 0 Å². The topological polar surface area (TPSA) is 52.5 Å². The Morgan fingerprint density at radius 2 is 1.84 bits per heavy atom. The number of halogens is 1. The summed E-state index contributed by atoms with van der Waals surface area (Å²) in [6.45, 7) is 1.85. The molecule has 2 rings (SSSR count). The van der Waals surface area contributed by atoms with Gasteiger partial charge in [-0.1, -0.05) is 18.2 Å². The van der Waals surface area contributed by atoms with E-state index in [1.807, 2.05) is 31.2 Å². The minimum atomic E-state index is -0.438. The lowest BCUT2D eigenvalue weighted by atomic mass is 10.1. The average Bonchev–Trinajstić information content (AvgIpc) is 2.39. The van der Waals surface area contributed by atoms with E-state index in [4.69, 9.17) is 5.11 Å². The molecule has 0 amide bonds. The number of aromatic hydroxyl groups is 1. The molecule has 0 fully saturated rings. The maximum atomic E-state index is 13.7. The van der Waals surface area contributed by atoms with Gasteiger partial charge in [-0.3, -0.25) is 0 Å². The van der Waals surface area contributed by atoms with E-state index in [1.165, 1.54) is 6.07 Å². The van der Waals surface area contributed by atoms with Crippen LogP contribution in [0.5, 0.6) is 5.75 Å². The SMILES string of the molecule is CC(Nc1ccc(CO)cc1)c1ccc(O)cc1F. The highest BCUT2D eigenvalue weighted by atomic mass is 19.1. The summed E-state index contributed by atoms with van der Waals surface area (Å²) < 4.78 is 13.7. The summed E-state index contributed by atoms with van der Waals surface area (Å²) in [4.78, 5) is 0. The van der Waals surface area contributed by atoms with Crippen LogP contribution in [-0.2, 0) is 6.61 Å². The van der Waals surface area contributed by atoms with E-state index >= 15 is 0 Å². The Hall–Kier alpha value is -2.07. The molecule has 0 aliphatic heterocycles. The molecule has 0 aliphatic carbocycles. The smallest absolute Gasteiger partial charge is 0.132 e. The van der Waals surface area contributed by atoms with Gasteiger partial charge in [-0.15, -0.1) is 0 Å². The van der Waals surface area contributed by atoms with E-state index in [1.54, 1.807) is 6.07 Å². The van der Waals surface area contributed by atoms with Gasteiger partial charge in [-0.25, -0.2) is 4.39 Å². The van der Waals surface area contributed by atoms with E-state index < -0.39 is 5.82 Å². The molecule has 3 N–H and O–H groups in total. The third kappa shape index (κ3) is 3.23. The highest BCUT2D eigenvalue weighted by Gasteiger charge is 2.11. The van der Waals surface area contributed by atoms with Gasteiger partial charge < -0.3 is 15.5 Å². The van der Waals surface area contributed by atoms with Gasteiger partial charge in [0, 0.05) is 17.3 Å². The van der Waals surface area contributed by atoms with Gasteiger partial charge in [0.25, 0.3) is 0 Å². The van der Waals surface area contributed by atoms with Crippen molar-refractivity contribution in [2.75, 3.05) is 5.32 Å². The Morgan fingerprint density at radius 1 is 1.16 bits per heavy atom. The van der Waals surface area contributed by atoms with Gasteiger partial charge in [0.1, 0.15) is 11.6 Å². The third-order valence-corrected chi connectivity index (χ3v) is 2.97. The van der Waals surface area contributed by atoms with Crippen molar-refractivity contribution in [2.24, 2.45) is 0 Å². The van der Waals surface area contributed by atoms with Crippen molar-refractivity contribution in [3.05, 3.63) is 59.4 Å². The number of anilines is 1. The summed E-state index contributed by atoms with van der Waals surface area (Å²) in [5, 5.41) is 21.3. The lowest BCUT2D eigenvalue weighted by molar-refractivity contribution is 0.282. The first-order valence-corrected chi connectivity index (χ1v) is 6.05. The summed E-state index contributed by atoms with van der Waals surface area (Å²) in [6, 6.07) is 11.2. The Morgan fingerprint density at radius 3 is 2.42 bits per heavy atom. The zero-order valence-corrected chi connectivity index (χ0v) is 10.6. The summed E-state index contributed by atoms with van der Waals surface area (Å²) >= 11 is 0. The molecule has 0 radical (unpaired) electrons. The van der Waals surface area contributed by atoms with Gasteiger partial charge in [-0.05, 0) is 30.7 Å². The molecule has 0 saturated heterocycles. The molecule has 0 bridgehead atoms. The van der Waals surface area contributed by atoms with Crippen molar-refractivity contribution >= 4 is 5.69 Å². The maximum absolute atomic E-state index is 13.7. The van der Waals surface area contributed by atoms with E-state index in [9.17, 15) is 9.50 Å². The second-order valence-corrected chi connectivity index (χ2v) is 4.43. The Kier molecular flexibility index (Phi) is 4.02. The molecule has 0 aromatic heterocycles. The molecule has 19 heavy (non-hydrogen) atoms. The number of aliphatic hydroxyl groups is 1. The van der Waals surface area contributed by atoms with Crippen LogP contribution in [0.2, 0.25) is 0 Å². The first-order chi connectivity index (χ1) is 9.10. The van der Waals surface area contributed by atoms with E-state index in [-0.39, 0.29) is 18.4 Å². The first kappa shape index (κ1) is 13.4. The van der Waals surface area contributed by atoms with Crippen LogP contribution < -0.4 is 5.32 Å². The van der Waals surface area contributed by atoms with Crippen LogP contribution in [0, 0.1) is 5.82 Å². The minimum Gasteiger partial charge on any atom is -0.508 e. The lowest BCUT2D eigenvalue weighted by Gasteiger charge is -2.16. The van der Waals surface area contributed by atoms with Crippen molar-refractivity contribution in [2.45, 2.75) is 19.6 Å². The second kappa shape index (κ2) is 5.71. The quantitative estimate of drug-likeness (QED) is 0.792. The van der Waals surface area contributed by atoms with Crippen LogP contribution in [0.15, 0.2) is 42.5 Å². The number of phenolic OH excluding ortho intramolecular Hbond substituents is 1. The van der Waals surface area contributed by atoms with Crippen LogP contribution in [0.25, 0.3) is 0 Å². The standard InChI is InChI=1S/C15H16FNO2/c1-10(14-7-6-13(19)8-15(14)16)17-12-4-2-11(9-18)3-5-12/h2-8,10,17-19H,9H2,1H3. The van der Waals surface area contributed by atoms with Crippen LogP contribution in [-0.4, -0.2) is 10.2 Å². The van der Waals surface area contributed by atoms with Crippen molar-refractivity contribution < 1.29 is 14.6 Å². The fourth-order valence-electron chi connectivity index (χ4n) is 1.90. The van der Waals surface area contributed by atoms with Crippen molar-refractivity contribution in [3.8, 4) is 5.75 Å². The minimum absolute atomic E-state index is 0.00240. The van der Waals surface area contributed by atoms with E-state index in [0.29, 0.717) is 5.56 Å². The molecule has 2 aromatic carbocycles. The molecular formula is C15H16FNO2. The zero-order valence-electron chi connectivity index (χ0n) is 10.6. The van der Waals surface area contributed by atoms with Crippen molar-refractivity contribution in [1.29, 1.82) is 0 Å². The van der Waals surface area contributed by atoms with Crippen molar-refractivity contribution in [1.82, 2.24) is 0 Å². The van der Waals surface area contributed by atoms with Gasteiger partial charge in [0.05, 0.1) is 12.6 Å². The predicted molar refractivity (Wildman–Crippen MR) is 72.5 cm³/mol. The molecule has 2 aromatic rings. The van der Waals surface area contributed by atoms with Gasteiger partial charge >= 0.3 is 0 Å². The number of phenols is 1. The second-order valence-electron chi connectivity index (χ2n) is 4.43. The molecule has 0 spiro atoms. The number of hydrogen-bond acceptors (Lipinski definition) is 3. The fourth-order valence-corrected chi connectivity index (χ4v) is 1.90. The summed E-state index contributed by atoms with van der Waals surface area (Å²) in [5.41, 5.74) is 2.16. The molecule has 1 unspecified atom stereocenters. The van der Waals surface area contributed by atoms with E-state index in [2.05, 4.69) is 5.32 Å². The summed E-state index contributed by atoms with van der Waals surface area (Å²) in [7, 11) is 0. The largest absolute Gasteiger partial charge is 0.508 e.